The van der Waals surface area contributed by atoms with Crippen LogP contribution >= 0.6 is 0 Å². The average molecular weight is 190 g/mol. The zero-order valence-corrected chi connectivity index (χ0v) is 8.79. The molecule has 76 valence electrons. The lowest BCUT2D eigenvalue weighted by Gasteiger charge is -2.29. The molecule has 2 nitrogen and oxygen atoms in total. The third-order valence-electron chi connectivity index (χ3n) is 2.86. The summed E-state index contributed by atoms with van der Waals surface area (Å²) in [5, 5.41) is 3.18. The first kappa shape index (κ1) is 9.38. The summed E-state index contributed by atoms with van der Waals surface area (Å²) in [6.45, 7) is 2.43. The second-order valence-corrected chi connectivity index (χ2v) is 3.85. The van der Waals surface area contributed by atoms with Gasteiger partial charge in [-0.1, -0.05) is 6.07 Å². The van der Waals surface area contributed by atoms with Gasteiger partial charge in [0.2, 0.25) is 0 Å². The van der Waals surface area contributed by atoms with Crippen molar-refractivity contribution < 1.29 is 0 Å². The monoisotopic (exact) mass is 190 g/mol. The fraction of sp³-hybridized carbons (Fsp3) is 0.500. The van der Waals surface area contributed by atoms with Crippen LogP contribution in [0, 0.1) is 0 Å². The van der Waals surface area contributed by atoms with Gasteiger partial charge in [0.15, 0.2) is 0 Å². The molecule has 1 fully saturated rings. The SMILES string of the molecule is CNc1cccc(N2CCCCC2)c1. The minimum atomic E-state index is 1.20. The molecule has 1 heterocycles. The van der Waals surface area contributed by atoms with Crippen molar-refractivity contribution in [2.45, 2.75) is 19.3 Å². The highest BCUT2D eigenvalue weighted by Gasteiger charge is 2.10. The molecular weight excluding hydrogens is 172 g/mol. The Bertz CT molecular complexity index is 290. The van der Waals surface area contributed by atoms with Crippen molar-refractivity contribution in [1.82, 2.24) is 0 Å². The van der Waals surface area contributed by atoms with Crippen molar-refractivity contribution in [1.29, 1.82) is 0 Å². The zero-order valence-electron chi connectivity index (χ0n) is 8.79. The van der Waals surface area contributed by atoms with Crippen LogP contribution in [0.1, 0.15) is 19.3 Å². The fourth-order valence-electron chi connectivity index (χ4n) is 2.01. The van der Waals surface area contributed by atoms with Crippen molar-refractivity contribution in [3.8, 4) is 0 Å². The van der Waals surface area contributed by atoms with Gasteiger partial charge in [-0.3, -0.25) is 0 Å². The number of hydrogen-bond donors (Lipinski definition) is 1. The second-order valence-electron chi connectivity index (χ2n) is 3.85. The molecule has 2 heteroatoms. The van der Waals surface area contributed by atoms with E-state index in [9.17, 15) is 0 Å². The number of nitrogens with zero attached hydrogens (tertiary/aromatic N) is 1. The van der Waals surface area contributed by atoms with E-state index in [0.717, 1.165) is 0 Å². The minimum Gasteiger partial charge on any atom is -0.388 e. The van der Waals surface area contributed by atoms with E-state index in [-0.39, 0.29) is 0 Å². The molecule has 1 saturated heterocycles. The van der Waals surface area contributed by atoms with E-state index < -0.39 is 0 Å². The number of benzene rings is 1. The highest BCUT2D eigenvalue weighted by atomic mass is 15.1. The van der Waals surface area contributed by atoms with Gasteiger partial charge in [0, 0.05) is 31.5 Å². The largest absolute Gasteiger partial charge is 0.388 e. The second kappa shape index (κ2) is 4.36. The maximum atomic E-state index is 3.18. The van der Waals surface area contributed by atoms with Crippen LogP contribution < -0.4 is 10.2 Å². The van der Waals surface area contributed by atoms with E-state index in [1.807, 2.05) is 7.05 Å². The molecule has 0 saturated carbocycles. The maximum Gasteiger partial charge on any atom is 0.0386 e. The molecular formula is C12H18N2. The van der Waals surface area contributed by atoms with Crippen LogP contribution in [0.4, 0.5) is 11.4 Å². The molecule has 1 N–H and O–H groups in total. The molecule has 1 aromatic carbocycles. The molecule has 0 aliphatic carbocycles. The Morgan fingerprint density at radius 3 is 2.64 bits per heavy atom. The smallest absolute Gasteiger partial charge is 0.0386 e. The van der Waals surface area contributed by atoms with Crippen LogP contribution in [0.3, 0.4) is 0 Å². The van der Waals surface area contributed by atoms with E-state index >= 15 is 0 Å². The summed E-state index contributed by atoms with van der Waals surface area (Å²) in [5.74, 6) is 0. The Labute approximate surface area is 85.9 Å². The van der Waals surface area contributed by atoms with Crippen LogP contribution in [0.2, 0.25) is 0 Å². The maximum absolute atomic E-state index is 3.18. The molecule has 0 unspecified atom stereocenters. The lowest BCUT2D eigenvalue weighted by atomic mass is 10.1. The molecule has 0 spiro atoms. The standard InChI is InChI=1S/C12H18N2/c1-13-11-6-5-7-12(10-11)14-8-3-2-4-9-14/h5-7,10,13H,2-4,8-9H2,1H3. The Morgan fingerprint density at radius 2 is 1.93 bits per heavy atom. The highest BCUT2D eigenvalue weighted by molar-refractivity contribution is 5.57. The molecule has 0 atom stereocenters. The van der Waals surface area contributed by atoms with Crippen molar-refractivity contribution in [3.63, 3.8) is 0 Å². The van der Waals surface area contributed by atoms with Gasteiger partial charge in [-0.15, -0.1) is 0 Å². The summed E-state index contributed by atoms with van der Waals surface area (Å²) in [5.41, 5.74) is 2.56. The van der Waals surface area contributed by atoms with E-state index in [1.165, 1.54) is 43.7 Å². The van der Waals surface area contributed by atoms with Crippen molar-refractivity contribution >= 4 is 11.4 Å². The number of anilines is 2. The Hall–Kier alpha value is -1.18. The topological polar surface area (TPSA) is 15.3 Å². The van der Waals surface area contributed by atoms with Crippen LogP contribution in [0.5, 0.6) is 0 Å². The van der Waals surface area contributed by atoms with Crippen LogP contribution in [-0.2, 0) is 0 Å². The van der Waals surface area contributed by atoms with Gasteiger partial charge in [0.25, 0.3) is 0 Å². The molecule has 0 radical (unpaired) electrons. The van der Waals surface area contributed by atoms with Crippen LogP contribution in [0.25, 0.3) is 0 Å². The highest BCUT2D eigenvalue weighted by Crippen LogP contribution is 2.22. The number of rotatable bonds is 2. The molecule has 1 aliphatic heterocycles. The first-order chi connectivity index (χ1) is 6.90. The van der Waals surface area contributed by atoms with Gasteiger partial charge in [-0.25, -0.2) is 0 Å². The van der Waals surface area contributed by atoms with Gasteiger partial charge in [-0.2, -0.15) is 0 Å². The van der Waals surface area contributed by atoms with E-state index in [4.69, 9.17) is 0 Å². The molecule has 1 aromatic rings. The first-order valence-corrected chi connectivity index (χ1v) is 5.43. The Kier molecular flexibility index (Phi) is 2.92. The summed E-state index contributed by atoms with van der Waals surface area (Å²) in [7, 11) is 1.97. The number of piperidine rings is 1. The third kappa shape index (κ3) is 2.00. The Balaban J connectivity index is 2.13. The molecule has 0 aromatic heterocycles. The van der Waals surface area contributed by atoms with Crippen molar-refractivity contribution in [2.75, 3.05) is 30.4 Å². The lowest BCUT2D eigenvalue weighted by molar-refractivity contribution is 0.578. The van der Waals surface area contributed by atoms with Gasteiger partial charge in [0.1, 0.15) is 0 Å². The van der Waals surface area contributed by atoms with E-state index in [0.29, 0.717) is 0 Å². The van der Waals surface area contributed by atoms with E-state index in [2.05, 4.69) is 34.5 Å². The van der Waals surface area contributed by atoms with Crippen molar-refractivity contribution in [3.05, 3.63) is 24.3 Å². The average Bonchev–Trinajstić information content (AvgIpc) is 2.30. The molecule has 0 amide bonds. The van der Waals surface area contributed by atoms with Gasteiger partial charge >= 0.3 is 0 Å². The van der Waals surface area contributed by atoms with E-state index in [1.54, 1.807) is 0 Å². The van der Waals surface area contributed by atoms with Gasteiger partial charge in [-0.05, 0) is 37.5 Å². The summed E-state index contributed by atoms with van der Waals surface area (Å²) < 4.78 is 0. The third-order valence-corrected chi connectivity index (χ3v) is 2.86. The summed E-state index contributed by atoms with van der Waals surface area (Å²) >= 11 is 0. The summed E-state index contributed by atoms with van der Waals surface area (Å²) in [6.07, 6.45) is 4.07. The minimum absolute atomic E-state index is 1.20. The predicted octanol–water partition coefficient (Wildman–Crippen LogP) is 2.72. The number of nitrogens with one attached hydrogen (secondary N) is 1. The van der Waals surface area contributed by atoms with Gasteiger partial charge < -0.3 is 10.2 Å². The lowest BCUT2D eigenvalue weighted by Crippen LogP contribution is -2.29. The van der Waals surface area contributed by atoms with Crippen LogP contribution in [0.15, 0.2) is 24.3 Å². The molecule has 2 rings (SSSR count). The normalized spacial score (nSPS) is 16.8. The predicted molar refractivity (Wildman–Crippen MR) is 62.1 cm³/mol. The van der Waals surface area contributed by atoms with Crippen LogP contribution in [-0.4, -0.2) is 20.1 Å². The quantitative estimate of drug-likeness (QED) is 0.771. The van der Waals surface area contributed by atoms with Crippen molar-refractivity contribution in [2.24, 2.45) is 0 Å². The molecule has 1 aliphatic rings. The fourth-order valence-corrected chi connectivity index (χ4v) is 2.01. The zero-order chi connectivity index (χ0) is 9.80. The first-order valence-electron chi connectivity index (χ1n) is 5.43. The Morgan fingerprint density at radius 1 is 1.14 bits per heavy atom. The molecule has 0 bridgehead atoms. The van der Waals surface area contributed by atoms with Gasteiger partial charge in [0.05, 0.1) is 0 Å². The number of hydrogen-bond acceptors (Lipinski definition) is 2. The summed E-state index contributed by atoms with van der Waals surface area (Å²) in [4.78, 5) is 2.48. The molecule has 14 heavy (non-hydrogen) atoms. The summed E-state index contributed by atoms with van der Waals surface area (Å²) in [6, 6.07) is 8.65.